The molecular weight excluding hydrogens is 302 g/mol. The van der Waals surface area contributed by atoms with Crippen molar-refractivity contribution in [3.63, 3.8) is 0 Å². The van der Waals surface area contributed by atoms with Gasteiger partial charge in [0.25, 0.3) is 0 Å². The third kappa shape index (κ3) is 3.94. The van der Waals surface area contributed by atoms with E-state index < -0.39 is 16.0 Å². The minimum Gasteiger partial charge on any atom is -0.478 e. The largest absolute Gasteiger partial charge is 0.478 e. The van der Waals surface area contributed by atoms with Crippen molar-refractivity contribution in [1.29, 1.82) is 0 Å². The van der Waals surface area contributed by atoms with Gasteiger partial charge in [-0.3, -0.25) is 0 Å². The Balaban J connectivity index is 3.11. The Bertz CT molecular complexity index is 620. The van der Waals surface area contributed by atoms with Crippen LogP contribution in [-0.4, -0.2) is 25.5 Å². The molecule has 1 aromatic carbocycles. The van der Waals surface area contributed by atoms with Crippen LogP contribution < -0.4 is 4.72 Å². The average molecular weight is 320 g/mol. The summed E-state index contributed by atoms with van der Waals surface area (Å²) in [5.74, 6) is -1.20. The van der Waals surface area contributed by atoms with Gasteiger partial charge in [-0.15, -0.1) is 0 Å². The first-order valence-corrected chi connectivity index (χ1v) is 7.86. The van der Waals surface area contributed by atoms with E-state index in [9.17, 15) is 13.2 Å². The van der Waals surface area contributed by atoms with Gasteiger partial charge in [0.15, 0.2) is 0 Å². The van der Waals surface area contributed by atoms with Crippen molar-refractivity contribution in [2.75, 3.05) is 0 Å². The quantitative estimate of drug-likeness (QED) is 0.893. The van der Waals surface area contributed by atoms with Crippen LogP contribution in [0.2, 0.25) is 5.02 Å². The number of sulfonamides is 1. The first-order valence-electron chi connectivity index (χ1n) is 6.00. The Morgan fingerprint density at radius 1 is 1.35 bits per heavy atom. The van der Waals surface area contributed by atoms with Crippen LogP contribution in [0.3, 0.4) is 0 Å². The SMILES string of the molecule is CC(NS(=O)(=O)c1ccc(C(=O)O)c(Cl)c1)C(C)(C)C. The minimum absolute atomic E-state index is 0.0522. The molecule has 0 heterocycles. The minimum atomic E-state index is -3.73. The Morgan fingerprint density at radius 2 is 1.90 bits per heavy atom. The summed E-state index contributed by atoms with van der Waals surface area (Å²) < 4.78 is 27.0. The van der Waals surface area contributed by atoms with Gasteiger partial charge in [0, 0.05) is 6.04 Å². The van der Waals surface area contributed by atoms with Crippen molar-refractivity contribution in [3.05, 3.63) is 28.8 Å². The number of aromatic carboxylic acids is 1. The van der Waals surface area contributed by atoms with E-state index in [0.29, 0.717) is 0 Å². The second kappa shape index (κ2) is 5.71. The smallest absolute Gasteiger partial charge is 0.337 e. The van der Waals surface area contributed by atoms with E-state index in [4.69, 9.17) is 16.7 Å². The van der Waals surface area contributed by atoms with E-state index in [1.807, 2.05) is 20.8 Å². The monoisotopic (exact) mass is 319 g/mol. The molecule has 0 radical (unpaired) electrons. The third-order valence-corrected chi connectivity index (χ3v) is 4.96. The first kappa shape index (κ1) is 16.9. The molecule has 0 aliphatic heterocycles. The Hall–Kier alpha value is -1.11. The summed E-state index contributed by atoms with van der Waals surface area (Å²) >= 11 is 5.78. The number of nitrogens with one attached hydrogen (secondary N) is 1. The van der Waals surface area contributed by atoms with Crippen LogP contribution in [0.1, 0.15) is 38.1 Å². The Kier molecular flexibility index (Phi) is 4.84. The van der Waals surface area contributed by atoms with E-state index in [0.717, 1.165) is 6.07 Å². The van der Waals surface area contributed by atoms with Gasteiger partial charge in [-0.2, -0.15) is 0 Å². The Labute approximate surface area is 124 Å². The van der Waals surface area contributed by atoms with Gasteiger partial charge in [0.05, 0.1) is 15.5 Å². The third-order valence-electron chi connectivity index (χ3n) is 3.11. The first-order chi connectivity index (χ1) is 8.95. The number of halogens is 1. The number of hydrogen-bond acceptors (Lipinski definition) is 3. The van der Waals surface area contributed by atoms with Gasteiger partial charge >= 0.3 is 5.97 Å². The van der Waals surface area contributed by atoms with Gasteiger partial charge in [-0.1, -0.05) is 32.4 Å². The second-order valence-corrected chi connectivity index (χ2v) is 7.78. The lowest BCUT2D eigenvalue weighted by Crippen LogP contribution is -2.41. The van der Waals surface area contributed by atoms with E-state index in [-0.39, 0.29) is 26.9 Å². The van der Waals surface area contributed by atoms with Crippen LogP contribution in [0.4, 0.5) is 0 Å². The highest BCUT2D eigenvalue weighted by Gasteiger charge is 2.26. The zero-order valence-corrected chi connectivity index (χ0v) is 13.3. The number of carboxylic acid groups (broad SMARTS) is 1. The van der Waals surface area contributed by atoms with E-state index in [1.54, 1.807) is 6.92 Å². The highest BCUT2D eigenvalue weighted by Crippen LogP contribution is 2.24. The van der Waals surface area contributed by atoms with E-state index in [2.05, 4.69) is 4.72 Å². The molecule has 0 aliphatic carbocycles. The van der Waals surface area contributed by atoms with Gasteiger partial charge in [-0.05, 0) is 30.5 Å². The molecule has 112 valence electrons. The zero-order valence-electron chi connectivity index (χ0n) is 11.8. The molecule has 0 saturated heterocycles. The molecule has 7 heteroatoms. The zero-order chi connectivity index (χ0) is 15.7. The number of carbonyl (C=O) groups is 1. The highest BCUT2D eigenvalue weighted by molar-refractivity contribution is 7.89. The van der Waals surface area contributed by atoms with Crippen molar-refractivity contribution in [3.8, 4) is 0 Å². The molecule has 0 aromatic heterocycles. The molecule has 0 aliphatic rings. The molecule has 1 unspecified atom stereocenters. The van der Waals surface area contributed by atoms with Crippen LogP contribution in [0.25, 0.3) is 0 Å². The fourth-order valence-corrected chi connectivity index (χ4v) is 3.12. The van der Waals surface area contributed by atoms with Crippen LogP contribution in [-0.2, 0) is 10.0 Å². The lowest BCUT2D eigenvalue weighted by atomic mass is 9.89. The number of rotatable bonds is 4. The summed E-state index contributed by atoms with van der Waals surface area (Å²) in [6, 6.07) is 3.27. The maximum absolute atomic E-state index is 12.2. The summed E-state index contributed by atoms with van der Waals surface area (Å²) in [4.78, 5) is 10.8. The molecule has 0 saturated carbocycles. The van der Waals surface area contributed by atoms with Crippen LogP contribution in [0.15, 0.2) is 23.1 Å². The summed E-state index contributed by atoms with van der Waals surface area (Å²) in [6.45, 7) is 7.52. The maximum Gasteiger partial charge on any atom is 0.337 e. The van der Waals surface area contributed by atoms with Gasteiger partial charge in [0.1, 0.15) is 0 Å². The molecule has 2 N–H and O–H groups in total. The van der Waals surface area contributed by atoms with E-state index >= 15 is 0 Å². The van der Waals surface area contributed by atoms with Crippen LogP contribution in [0, 0.1) is 5.41 Å². The summed E-state index contributed by atoms with van der Waals surface area (Å²) in [5.41, 5.74) is -0.368. The van der Waals surface area contributed by atoms with E-state index in [1.165, 1.54) is 12.1 Å². The fraction of sp³-hybridized carbons (Fsp3) is 0.462. The molecule has 0 fully saturated rings. The second-order valence-electron chi connectivity index (χ2n) is 5.66. The van der Waals surface area contributed by atoms with Gasteiger partial charge in [-0.25, -0.2) is 17.9 Å². The summed E-state index contributed by atoms with van der Waals surface area (Å²) in [5, 5.41) is 8.75. The average Bonchev–Trinajstić information content (AvgIpc) is 2.26. The fourth-order valence-electron chi connectivity index (χ4n) is 1.31. The van der Waals surface area contributed by atoms with Crippen molar-refractivity contribution in [1.82, 2.24) is 4.72 Å². The summed E-state index contributed by atoms with van der Waals surface area (Å²) in [7, 11) is -3.73. The molecule has 0 spiro atoms. The molecule has 0 bridgehead atoms. The number of carboxylic acids is 1. The number of benzene rings is 1. The molecule has 1 atom stereocenters. The van der Waals surface area contributed by atoms with Crippen molar-refractivity contribution >= 4 is 27.6 Å². The molecule has 1 rings (SSSR count). The lowest BCUT2D eigenvalue weighted by Gasteiger charge is -2.27. The topological polar surface area (TPSA) is 83.5 Å². The van der Waals surface area contributed by atoms with Crippen LogP contribution >= 0.6 is 11.6 Å². The molecule has 5 nitrogen and oxygen atoms in total. The Morgan fingerprint density at radius 3 is 2.30 bits per heavy atom. The molecule has 20 heavy (non-hydrogen) atoms. The van der Waals surface area contributed by atoms with Crippen molar-refractivity contribution < 1.29 is 18.3 Å². The van der Waals surface area contributed by atoms with Crippen molar-refractivity contribution in [2.24, 2.45) is 5.41 Å². The predicted octanol–water partition coefficient (Wildman–Crippen LogP) is 2.75. The summed E-state index contributed by atoms with van der Waals surface area (Å²) in [6.07, 6.45) is 0. The molecule has 1 aromatic rings. The molecular formula is C13H18ClNO4S. The van der Waals surface area contributed by atoms with Crippen molar-refractivity contribution in [2.45, 2.75) is 38.6 Å². The number of hydrogen-bond donors (Lipinski definition) is 2. The van der Waals surface area contributed by atoms with Gasteiger partial charge < -0.3 is 5.11 Å². The predicted molar refractivity (Wildman–Crippen MR) is 77.6 cm³/mol. The maximum atomic E-state index is 12.2. The van der Waals surface area contributed by atoms with Gasteiger partial charge in [0.2, 0.25) is 10.0 Å². The molecule has 0 amide bonds. The highest BCUT2D eigenvalue weighted by atomic mass is 35.5. The normalized spacial score (nSPS) is 14.1. The lowest BCUT2D eigenvalue weighted by molar-refractivity contribution is 0.0697. The van der Waals surface area contributed by atoms with Crippen LogP contribution in [0.5, 0.6) is 0 Å². The standard InChI is InChI=1S/C13H18ClNO4S/c1-8(13(2,3)4)15-20(18,19)9-5-6-10(12(16)17)11(14)7-9/h5-8,15H,1-4H3,(H,16,17).